The summed E-state index contributed by atoms with van der Waals surface area (Å²) in [4.78, 5) is 17.0. The number of rotatable bonds is 12. The maximum absolute atomic E-state index is 14.8. The van der Waals surface area contributed by atoms with Crippen LogP contribution in [0.25, 0.3) is 0 Å². The van der Waals surface area contributed by atoms with Crippen molar-refractivity contribution in [1.29, 1.82) is 0 Å². The number of Topliss-reactive ketones (excluding diaryl/α,β-unsaturated/α-hetero) is 1. The molecule has 2 bridgehead atoms. The van der Waals surface area contributed by atoms with Crippen molar-refractivity contribution in [3.8, 4) is 0 Å². The summed E-state index contributed by atoms with van der Waals surface area (Å²) in [5.74, 6) is 0.397. The zero-order chi connectivity index (χ0) is 36.2. The van der Waals surface area contributed by atoms with Crippen molar-refractivity contribution in [3.63, 3.8) is 0 Å². The number of benzene rings is 3. The summed E-state index contributed by atoms with van der Waals surface area (Å²) in [7, 11) is 0. The monoisotopic (exact) mass is 701 g/mol. The molecule has 0 radical (unpaired) electrons. The maximum atomic E-state index is 14.8. The summed E-state index contributed by atoms with van der Waals surface area (Å²) in [6.07, 6.45) is 11.5. The number of allylic oxidation sites excluding steroid dienone is 4. The fourth-order valence-electron chi connectivity index (χ4n) is 12.0. The fraction of sp³-hybridized carbons (Fsp3) is 0.500. The van der Waals surface area contributed by atoms with Crippen LogP contribution in [0.5, 0.6) is 0 Å². The van der Waals surface area contributed by atoms with Gasteiger partial charge in [0, 0.05) is 47.0 Å². The van der Waals surface area contributed by atoms with Gasteiger partial charge in [0.25, 0.3) is 0 Å². The van der Waals surface area contributed by atoms with Crippen molar-refractivity contribution in [2.45, 2.75) is 89.8 Å². The quantitative estimate of drug-likeness (QED) is 0.134. The highest BCUT2D eigenvalue weighted by atomic mass is 16.5. The summed E-state index contributed by atoms with van der Waals surface area (Å²) in [5, 5.41) is 35.4. The van der Waals surface area contributed by atoms with E-state index in [4.69, 9.17) is 4.74 Å². The van der Waals surface area contributed by atoms with Crippen LogP contribution < -0.4 is 0 Å². The van der Waals surface area contributed by atoms with Gasteiger partial charge < -0.3 is 20.1 Å². The lowest BCUT2D eigenvalue weighted by Crippen LogP contribution is -2.67. The van der Waals surface area contributed by atoms with E-state index < -0.39 is 22.5 Å². The maximum Gasteiger partial charge on any atom is 0.189 e. The van der Waals surface area contributed by atoms with Crippen LogP contribution in [0.2, 0.25) is 0 Å². The molecule has 274 valence electrons. The van der Waals surface area contributed by atoms with Gasteiger partial charge in [-0.15, -0.1) is 0 Å². The highest BCUT2D eigenvalue weighted by molar-refractivity contribution is 6.10. The minimum Gasteiger partial charge on any atom is -0.393 e. The number of ketones is 1. The van der Waals surface area contributed by atoms with E-state index in [9.17, 15) is 20.1 Å². The van der Waals surface area contributed by atoms with Crippen LogP contribution in [0.3, 0.4) is 0 Å². The van der Waals surface area contributed by atoms with E-state index in [1.807, 2.05) is 78.9 Å². The van der Waals surface area contributed by atoms with Crippen molar-refractivity contribution in [2.75, 3.05) is 19.7 Å². The van der Waals surface area contributed by atoms with Gasteiger partial charge in [-0.3, -0.25) is 9.69 Å². The van der Waals surface area contributed by atoms with Gasteiger partial charge >= 0.3 is 0 Å². The summed E-state index contributed by atoms with van der Waals surface area (Å²) in [6.45, 7) is 6.77. The van der Waals surface area contributed by atoms with E-state index in [0.717, 1.165) is 48.8 Å². The second kappa shape index (κ2) is 13.5. The highest BCUT2D eigenvalue weighted by Gasteiger charge is 2.74. The van der Waals surface area contributed by atoms with Crippen LogP contribution in [0, 0.1) is 33.5 Å². The zero-order valence-electron chi connectivity index (χ0n) is 30.8. The highest BCUT2D eigenvalue weighted by Crippen LogP contribution is 2.78. The van der Waals surface area contributed by atoms with Crippen molar-refractivity contribution < 1.29 is 24.9 Å². The average molecular weight is 702 g/mol. The Kier molecular flexibility index (Phi) is 9.23. The number of carbonyl (C=O) groups is 1. The molecule has 2 spiro atoms. The summed E-state index contributed by atoms with van der Waals surface area (Å²) >= 11 is 0. The molecule has 6 aliphatic carbocycles. The molecule has 6 heteroatoms. The number of carbonyl (C=O) groups excluding carboxylic acids is 1. The van der Waals surface area contributed by atoms with Gasteiger partial charge in [-0.2, -0.15) is 0 Å². The standard InChI is InChI=1S/C46H55NO5/c1-42-21-18-36(48)26-44(42)24-25-46(38(27-44)41(50)35-16-10-5-11-17-35)39(42)19-22-43(2)40(46)20-23-45(43,51)32-47(28-33-12-6-3-7-13-33)29-37(49)31-52-30-34-14-8-4-9-15-34/h3-17,24-25,27,36-37,39-40,48-49,51H,18-23,26,28-32H2,1-2H3/t36?,37-,39-,40-,42-,43+,44+,45-,46-/m1/s1. The lowest BCUT2D eigenvalue weighted by Gasteiger charge is -2.71. The Morgan fingerprint density at radius 1 is 0.827 bits per heavy atom. The molecule has 0 amide bonds. The van der Waals surface area contributed by atoms with Crippen LogP contribution in [0.1, 0.15) is 80.3 Å². The smallest absolute Gasteiger partial charge is 0.189 e. The van der Waals surface area contributed by atoms with E-state index in [1.165, 1.54) is 0 Å². The minimum absolute atomic E-state index is 0.0681. The molecule has 9 atom stereocenters. The molecule has 9 rings (SSSR count). The van der Waals surface area contributed by atoms with Crippen LogP contribution in [-0.4, -0.2) is 63.5 Å². The third kappa shape index (κ3) is 5.68. The second-order valence-electron chi connectivity index (χ2n) is 17.3. The predicted octanol–water partition coefficient (Wildman–Crippen LogP) is 7.54. The topological polar surface area (TPSA) is 90.2 Å². The molecule has 1 unspecified atom stereocenters. The summed E-state index contributed by atoms with van der Waals surface area (Å²) in [5.41, 5.74) is 1.36. The second-order valence-corrected chi connectivity index (χ2v) is 17.3. The molecule has 0 saturated heterocycles. The molecule has 3 aromatic rings. The molecular weight excluding hydrogens is 647 g/mol. The first-order chi connectivity index (χ1) is 25.0. The van der Waals surface area contributed by atoms with Crippen molar-refractivity contribution >= 4 is 5.78 Å². The third-order valence-corrected chi connectivity index (χ3v) is 14.6. The van der Waals surface area contributed by atoms with Gasteiger partial charge in [0.2, 0.25) is 0 Å². The van der Waals surface area contributed by atoms with Gasteiger partial charge in [0.05, 0.1) is 31.0 Å². The molecule has 3 aromatic carbocycles. The molecule has 6 nitrogen and oxygen atoms in total. The van der Waals surface area contributed by atoms with Gasteiger partial charge in [0.15, 0.2) is 5.78 Å². The number of aliphatic hydroxyl groups is 3. The first-order valence-electron chi connectivity index (χ1n) is 19.5. The minimum atomic E-state index is -1.03. The van der Waals surface area contributed by atoms with E-state index >= 15 is 0 Å². The summed E-state index contributed by atoms with van der Waals surface area (Å²) in [6, 6.07) is 30.0. The van der Waals surface area contributed by atoms with Crippen LogP contribution >= 0.6 is 0 Å². The van der Waals surface area contributed by atoms with E-state index in [0.29, 0.717) is 44.6 Å². The molecule has 0 aromatic heterocycles. The van der Waals surface area contributed by atoms with E-state index in [2.05, 4.69) is 49.1 Å². The Balaban J connectivity index is 1.11. The zero-order valence-corrected chi connectivity index (χ0v) is 30.8. The molecular formula is C46H55NO5. The molecule has 0 heterocycles. The lowest BCUT2D eigenvalue weighted by molar-refractivity contribution is -0.177. The van der Waals surface area contributed by atoms with E-state index in [1.54, 1.807) is 0 Å². The number of aliphatic hydroxyl groups excluding tert-OH is 2. The Morgan fingerprint density at radius 3 is 2.15 bits per heavy atom. The number of hydrogen-bond acceptors (Lipinski definition) is 6. The van der Waals surface area contributed by atoms with Crippen molar-refractivity contribution in [1.82, 2.24) is 4.90 Å². The normalized spacial score (nSPS) is 36.5. The number of hydrogen-bond donors (Lipinski definition) is 3. The first-order valence-corrected chi connectivity index (χ1v) is 19.5. The Bertz CT molecular complexity index is 1810. The van der Waals surface area contributed by atoms with Gasteiger partial charge in [-0.1, -0.05) is 123 Å². The average Bonchev–Trinajstić information content (AvgIpc) is 3.42. The Morgan fingerprint density at radius 2 is 1.44 bits per heavy atom. The largest absolute Gasteiger partial charge is 0.393 e. The Labute approximate surface area is 309 Å². The van der Waals surface area contributed by atoms with Crippen molar-refractivity contribution in [2.24, 2.45) is 33.5 Å². The van der Waals surface area contributed by atoms with Gasteiger partial charge in [-0.05, 0) is 73.3 Å². The lowest BCUT2D eigenvalue weighted by atomic mass is 9.32. The predicted molar refractivity (Wildman–Crippen MR) is 203 cm³/mol. The molecule has 3 saturated carbocycles. The molecule has 3 N–H and O–H groups in total. The molecule has 52 heavy (non-hydrogen) atoms. The van der Waals surface area contributed by atoms with Gasteiger partial charge in [-0.25, -0.2) is 0 Å². The van der Waals surface area contributed by atoms with Crippen LogP contribution in [0.15, 0.2) is 115 Å². The van der Waals surface area contributed by atoms with Gasteiger partial charge in [0.1, 0.15) is 0 Å². The van der Waals surface area contributed by atoms with Crippen LogP contribution in [0.4, 0.5) is 0 Å². The molecule has 3 fully saturated rings. The third-order valence-electron chi connectivity index (χ3n) is 14.6. The Hall–Kier alpha value is -3.39. The molecule has 0 aliphatic heterocycles. The summed E-state index contributed by atoms with van der Waals surface area (Å²) < 4.78 is 5.95. The number of fused-ring (bicyclic) bond motifs is 1. The SMILES string of the molecule is C[C@]12CC[C@H]3[C@]4(C=C[C@@]5(C=C4C(=O)c4ccccc4)CC(O)CC[C@]35C)[C@@H]1CC[C@@]2(O)CN(Cc1ccccc1)C[C@@H](O)COCc1ccccc1. The first kappa shape index (κ1) is 35.6. The van der Waals surface area contributed by atoms with E-state index in [-0.39, 0.29) is 41.2 Å². The fourth-order valence-corrected chi connectivity index (χ4v) is 12.0. The number of ether oxygens (including phenoxy) is 1. The van der Waals surface area contributed by atoms with Crippen molar-refractivity contribution in [3.05, 3.63) is 131 Å². The number of nitrogens with zero attached hydrogens (tertiary/aromatic N) is 1. The molecule has 6 aliphatic rings. The van der Waals surface area contributed by atoms with Crippen LogP contribution in [-0.2, 0) is 17.9 Å².